The number of thiazole rings is 1. The van der Waals surface area contributed by atoms with Gasteiger partial charge in [-0.3, -0.25) is 0 Å². The van der Waals surface area contributed by atoms with Gasteiger partial charge in [-0.15, -0.1) is 11.3 Å². The monoisotopic (exact) mass is 321 g/mol. The summed E-state index contributed by atoms with van der Waals surface area (Å²) < 4.78 is 0. The van der Waals surface area contributed by atoms with Crippen molar-refractivity contribution in [2.45, 2.75) is 39.3 Å². The van der Waals surface area contributed by atoms with Gasteiger partial charge >= 0.3 is 0 Å². The molecule has 5 heteroatoms. The lowest BCUT2D eigenvalue weighted by molar-refractivity contribution is 0.265. The summed E-state index contributed by atoms with van der Waals surface area (Å²) in [6.07, 6.45) is 2.27. The maximum atomic E-state index is 4.93. The summed E-state index contributed by atoms with van der Waals surface area (Å²) in [5.74, 6) is 0. The van der Waals surface area contributed by atoms with Crippen molar-refractivity contribution in [3.05, 3.63) is 33.0 Å². The lowest BCUT2D eigenvalue weighted by Gasteiger charge is -2.34. The van der Waals surface area contributed by atoms with Crippen molar-refractivity contribution in [3.63, 3.8) is 0 Å². The van der Waals surface area contributed by atoms with E-state index >= 15 is 0 Å². The number of nitrogens with one attached hydrogen (secondary N) is 1. The fourth-order valence-electron chi connectivity index (χ4n) is 3.02. The van der Waals surface area contributed by atoms with Crippen molar-refractivity contribution in [1.29, 1.82) is 0 Å². The number of thiophene rings is 1. The van der Waals surface area contributed by atoms with Crippen LogP contribution >= 0.6 is 22.7 Å². The summed E-state index contributed by atoms with van der Waals surface area (Å²) in [5.41, 5.74) is 1.63. The largest absolute Gasteiger partial charge is 0.346 e. The topological polar surface area (TPSA) is 28.2 Å². The van der Waals surface area contributed by atoms with E-state index in [0.29, 0.717) is 11.5 Å². The Hall–Kier alpha value is -0.910. The fraction of sp³-hybridized carbons (Fsp3) is 0.562. The van der Waals surface area contributed by atoms with Gasteiger partial charge in [0.25, 0.3) is 0 Å². The molecule has 114 valence electrons. The minimum Gasteiger partial charge on any atom is -0.346 e. The third kappa shape index (κ3) is 3.15. The van der Waals surface area contributed by atoms with Gasteiger partial charge in [-0.2, -0.15) is 0 Å². The molecule has 3 rings (SSSR count). The molecule has 2 aromatic heterocycles. The molecule has 1 atom stereocenters. The Morgan fingerprint density at radius 2 is 2.29 bits per heavy atom. The van der Waals surface area contributed by atoms with Gasteiger partial charge in [0.05, 0.1) is 12.2 Å². The van der Waals surface area contributed by atoms with Gasteiger partial charge in [-0.1, -0.05) is 31.3 Å². The lowest BCUT2D eigenvalue weighted by atomic mass is 9.76. The molecular formula is C16H23N3S2. The van der Waals surface area contributed by atoms with E-state index in [0.717, 1.165) is 18.1 Å². The van der Waals surface area contributed by atoms with Crippen LogP contribution in [0, 0.1) is 5.41 Å². The summed E-state index contributed by atoms with van der Waals surface area (Å²) in [6.45, 7) is 5.63. The third-order valence-electron chi connectivity index (χ3n) is 4.08. The fourth-order valence-corrected chi connectivity index (χ4v) is 4.93. The molecule has 0 aliphatic heterocycles. The SMILES string of the molecule is CNC1CC(C)(C)Cc2nc(N(C)Cc3cccs3)sc21. The second-order valence-corrected chi connectivity index (χ2v) is 8.67. The molecule has 3 nitrogen and oxygen atoms in total. The zero-order valence-corrected chi connectivity index (χ0v) is 14.8. The van der Waals surface area contributed by atoms with Crippen molar-refractivity contribution < 1.29 is 0 Å². The first-order chi connectivity index (χ1) is 9.98. The summed E-state index contributed by atoms with van der Waals surface area (Å²) in [7, 11) is 4.20. The average Bonchev–Trinajstić information content (AvgIpc) is 3.05. The highest BCUT2D eigenvalue weighted by atomic mass is 32.1. The first-order valence-electron chi connectivity index (χ1n) is 7.39. The van der Waals surface area contributed by atoms with Gasteiger partial charge in [-0.05, 0) is 36.8 Å². The Bertz CT molecular complexity index is 601. The Morgan fingerprint density at radius 3 is 2.95 bits per heavy atom. The first kappa shape index (κ1) is 15.0. The second kappa shape index (κ2) is 5.71. The molecule has 2 heterocycles. The van der Waals surface area contributed by atoms with Crippen LogP contribution in [0.15, 0.2) is 17.5 Å². The Kier molecular flexibility index (Phi) is 4.08. The average molecular weight is 322 g/mol. The summed E-state index contributed by atoms with van der Waals surface area (Å²) in [6, 6.07) is 4.75. The van der Waals surface area contributed by atoms with Crippen LogP contribution in [0.1, 0.15) is 41.8 Å². The summed E-state index contributed by atoms with van der Waals surface area (Å²) >= 11 is 3.66. The molecule has 2 aromatic rings. The standard InChI is InChI=1S/C16H23N3S2/c1-16(2)8-12(17-3)14-13(9-16)18-15(21-14)19(4)10-11-6-5-7-20-11/h5-7,12,17H,8-10H2,1-4H3. The summed E-state index contributed by atoms with van der Waals surface area (Å²) in [5, 5.41) is 6.75. The van der Waals surface area contributed by atoms with Gasteiger partial charge in [0.2, 0.25) is 0 Å². The predicted molar refractivity (Wildman–Crippen MR) is 92.4 cm³/mol. The van der Waals surface area contributed by atoms with E-state index in [1.54, 1.807) is 0 Å². The molecule has 0 amide bonds. The molecule has 0 radical (unpaired) electrons. The van der Waals surface area contributed by atoms with Crippen LogP contribution in [0.3, 0.4) is 0 Å². The Labute approximate surface area is 135 Å². The van der Waals surface area contributed by atoms with Gasteiger partial charge in [0.15, 0.2) is 5.13 Å². The van der Waals surface area contributed by atoms with Crippen molar-refractivity contribution >= 4 is 27.8 Å². The zero-order valence-electron chi connectivity index (χ0n) is 13.1. The molecule has 1 aliphatic carbocycles. The van der Waals surface area contributed by atoms with Crippen molar-refractivity contribution in [2.75, 3.05) is 19.0 Å². The number of nitrogens with zero attached hydrogens (tertiary/aromatic N) is 2. The highest BCUT2D eigenvalue weighted by molar-refractivity contribution is 7.15. The van der Waals surface area contributed by atoms with Crippen molar-refractivity contribution in [1.82, 2.24) is 10.3 Å². The number of anilines is 1. The van der Waals surface area contributed by atoms with Crippen LogP contribution in [0.5, 0.6) is 0 Å². The number of aromatic nitrogens is 1. The predicted octanol–water partition coefficient (Wildman–Crippen LogP) is 4.07. The van der Waals surface area contributed by atoms with Gasteiger partial charge in [0.1, 0.15) is 0 Å². The van der Waals surface area contributed by atoms with Crippen LogP contribution in [0.2, 0.25) is 0 Å². The molecule has 0 saturated carbocycles. The van der Waals surface area contributed by atoms with Gasteiger partial charge < -0.3 is 10.2 Å². The molecule has 21 heavy (non-hydrogen) atoms. The normalized spacial score (nSPS) is 20.3. The van der Waals surface area contributed by atoms with Crippen LogP contribution in [-0.2, 0) is 13.0 Å². The smallest absolute Gasteiger partial charge is 0.185 e. The van der Waals surface area contributed by atoms with Crippen LogP contribution < -0.4 is 10.2 Å². The molecule has 0 bridgehead atoms. The maximum Gasteiger partial charge on any atom is 0.185 e. The van der Waals surface area contributed by atoms with E-state index in [1.165, 1.54) is 21.9 Å². The molecule has 0 aromatic carbocycles. The number of hydrogen-bond acceptors (Lipinski definition) is 5. The Morgan fingerprint density at radius 1 is 1.48 bits per heavy atom. The van der Waals surface area contributed by atoms with E-state index < -0.39 is 0 Å². The lowest BCUT2D eigenvalue weighted by Crippen LogP contribution is -2.30. The molecule has 1 unspecified atom stereocenters. The second-order valence-electron chi connectivity index (χ2n) is 6.63. The minimum absolute atomic E-state index is 0.332. The van der Waals surface area contributed by atoms with E-state index in [9.17, 15) is 0 Å². The van der Waals surface area contributed by atoms with Crippen molar-refractivity contribution in [3.8, 4) is 0 Å². The molecular weight excluding hydrogens is 298 g/mol. The zero-order chi connectivity index (χ0) is 15.0. The van der Waals surface area contributed by atoms with Crippen LogP contribution in [-0.4, -0.2) is 19.1 Å². The van der Waals surface area contributed by atoms with Gasteiger partial charge in [-0.25, -0.2) is 4.98 Å². The minimum atomic E-state index is 0.332. The Balaban J connectivity index is 1.84. The molecule has 0 spiro atoms. The quantitative estimate of drug-likeness (QED) is 0.920. The number of hydrogen-bond donors (Lipinski definition) is 1. The molecule has 0 fully saturated rings. The van der Waals surface area contributed by atoms with Crippen molar-refractivity contribution in [2.24, 2.45) is 5.41 Å². The highest BCUT2D eigenvalue weighted by Gasteiger charge is 2.34. The number of fused-ring (bicyclic) bond motifs is 1. The van der Waals surface area contributed by atoms with Gasteiger partial charge in [0, 0.05) is 22.8 Å². The molecule has 1 N–H and O–H groups in total. The first-order valence-corrected chi connectivity index (χ1v) is 9.08. The van der Waals surface area contributed by atoms with E-state index in [4.69, 9.17) is 4.98 Å². The number of rotatable bonds is 4. The van der Waals surface area contributed by atoms with Crippen LogP contribution in [0.25, 0.3) is 0 Å². The molecule has 1 aliphatic rings. The van der Waals surface area contributed by atoms with E-state index in [1.807, 2.05) is 22.7 Å². The van der Waals surface area contributed by atoms with E-state index in [-0.39, 0.29) is 0 Å². The van der Waals surface area contributed by atoms with E-state index in [2.05, 4.69) is 55.7 Å². The maximum absolute atomic E-state index is 4.93. The highest BCUT2D eigenvalue weighted by Crippen LogP contribution is 2.44. The van der Waals surface area contributed by atoms with Crippen LogP contribution in [0.4, 0.5) is 5.13 Å². The summed E-state index contributed by atoms with van der Waals surface area (Å²) in [4.78, 5) is 10.0. The molecule has 0 saturated heterocycles. The third-order valence-corrected chi connectivity index (χ3v) is 6.27.